The molecular formula is C16H13N5O. The zero-order valence-corrected chi connectivity index (χ0v) is 11.6. The molecule has 0 amide bonds. The number of anilines is 2. The molecule has 22 heavy (non-hydrogen) atoms. The van der Waals surface area contributed by atoms with Gasteiger partial charge < -0.3 is 10.4 Å². The Kier molecular flexibility index (Phi) is 2.79. The molecule has 0 bridgehead atoms. The Morgan fingerprint density at radius 3 is 2.55 bits per heavy atom. The number of aromatic nitrogens is 4. The number of imidazole rings is 1. The Balaban J connectivity index is 1.86. The zero-order chi connectivity index (χ0) is 14.9. The van der Waals surface area contributed by atoms with Crippen molar-refractivity contribution in [3.63, 3.8) is 0 Å². The summed E-state index contributed by atoms with van der Waals surface area (Å²) in [4.78, 5) is 8.74. The second-order valence-electron chi connectivity index (χ2n) is 4.87. The van der Waals surface area contributed by atoms with Crippen LogP contribution in [0.2, 0.25) is 0 Å². The van der Waals surface area contributed by atoms with E-state index in [1.807, 2.05) is 42.5 Å². The molecule has 6 heteroatoms. The van der Waals surface area contributed by atoms with Gasteiger partial charge in [0.25, 0.3) is 5.78 Å². The fourth-order valence-electron chi connectivity index (χ4n) is 2.36. The maximum Gasteiger partial charge on any atom is 0.252 e. The SMILES string of the molecule is Oc1ccc(-c2nc3nc[nH]n3c2Nc2ccccc2)cc1. The molecule has 0 saturated heterocycles. The summed E-state index contributed by atoms with van der Waals surface area (Å²) < 4.78 is 1.79. The normalized spacial score (nSPS) is 10.9. The predicted octanol–water partition coefficient (Wildman–Crippen LogP) is 3.17. The largest absolute Gasteiger partial charge is 0.508 e. The second-order valence-corrected chi connectivity index (χ2v) is 4.87. The molecule has 2 aromatic heterocycles. The average molecular weight is 291 g/mol. The zero-order valence-electron chi connectivity index (χ0n) is 11.6. The highest BCUT2D eigenvalue weighted by molar-refractivity contribution is 5.78. The molecule has 2 heterocycles. The minimum atomic E-state index is 0.226. The van der Waals surface area contributed by atoms with Crippen molar-refractivity contribution in [2.24, 2.45) is 0 Å². The van der Waals surface area contributed by atoms with Crippen LogP contribution in [0.15, 0.2) is 60.9 Å². The number of benzene rings is 2. The van der Waals surface area contributed by atoms with Gasteiger partial charge in [-0.2, -0.15) is 0 Å². The number of nitrogens with one attached hydrogen (secondary N) is 2. The number of H-pyrrole nitrogens is 1. The number of phenols is 1. The molecule has 0 atom stereocenters. The number of para-hydroxylation sites is 1. The fourth-order valence-corrected chi connectivity index (χ4v) is 2.36. The number of aromatic amines is 1. The van der Waals surface area contributed by atoms with Gasteiger partial charge >= 0.3 is 0 Å². The lowest BCUT2D eigenvalue weighted by Crippen LogP contribution is -1.97. The summed E-state index contributed by atoms with van der Waals surface area (Å²) in [6.45, 7) is 0. The van der Waals surface area contributed by atoms with Crippen LogP contribution in [0.4, 0.5) is 11.5 Å². The van der Waals surface area contributed by atoms with Crippen LogP contribution in [0, 0.1) is 0 Å². The van der Waals surface area contributed by atoms with Gasteiger partial charge in [-0.3, -0.25) is 5.10 Å². The number of rotatable bonds is 3. The van der Waals surface area contributed by atoms with Crippen LogP contribution in [0.1, 0.15) is 0 Å². The summed E-state index contributed by atoms with van der Waals surface area (Å²) in [5.41, 5.74) is 2.62. The van der Waals surface area contributed by atoms with E-state index in [2.05, 4.69) is 20.4 Å². The van der Waals surface area contributed by atoms with Gasteiger partial charge in [-0.25, -0.2) is 14.5 Å². The van der Waals surface area contributed by atoms with E-state index in [0.717, 1.165) is 22.8 Å². The third kappa shape index (κ3) is 2.07. The highest BCUT2D eigenvalue weighted by Gasteiger charge is 2.16. The molecule has 0 fully saturated rings. The highest BCUT2D eigenvalue weighted by atomic mass is 16.3. The van der Waals surface area contributed by atoms with Gasteiger partial charge in [0.05, 0.1) is 0 Å². The minimum absolute atomic E-state index is 0.226. The number of nitrogens with zero attached hydrogens (tertiary/aromatic N) is 3. The van der Waals surface area contributed by atoms with Crippen molar-refractivity contribution in [3.8, 4) is 17.0 Å². The first-order valence-electron chi connectivity index (χ1n) is 6.84. The van der Waals surface area contributed by atoms with Crippen LogP contribution in [0.3, 0.4) is 0 Å². The average Bonchev–Trinajstić information content (AvgIpc) is 3.12. The summed E-state index contributed by atoms with van der Waals surface area (Å²) in [6, 6.07) is 16.8. The molecule has 4 aromatic rings. The molecule has 0 aliphatic heterocycles. The van der Waals surface area contributed by atoms with Gasteiger partial charge in [-0.05, 0) is 36.4 Å². The lowest BCUT2D eigenvalue weighted by atomic mass is 10.1. The van der Waals surface area contributed by atoms with Gasteiger partial charge in [0.15, 0.2) is 5.82 Å². The fraction of sp³-hybridized carbons (Fsp3) is 0. The first-order valence-corrected chi connectivity index (χ1v) is 6.84. The van der Waals surface area contributed by atoms with Crippen LogP contribution < -0.4 is 5.32 Å². The molecule has 108 valence electrons. The number of fused-ring (bicyclic) bond motifs is 1. The minimum Gasteiger partial charge on any atom is -0.508 e. The lowest BCUT2D eigenvalue weighted by Gasteiger charge is -2.07. The van der Waals surface area contributed by atoms with Crippen molar-refractivity contribution in [1.82, 2.24) is 19.6 Å². The molecule has 0 aliphatic carbocycles. The molecule has 2 aromatic carbocycles. The standard InChI is InChI=1S/C16H13N5O/c22-13-8-6-11(7-9-13)14-15(19-12-4-2-1-3-5-12)21-16(20-14)17-10-18-21/h1-10,19,22H,(H,17,18,20). The highest BCUT2D eigenvalue weighted by Crippen LogP contribution is 2.30. The van der Waals surface area contributed by atoms with Crippen molar-refractivity contribution in [3.05, 3.63) is 60.9 Å². The third-order valence-corrected chi connectivity index (χ3v) is 3.40. The summed E-state index contributed by atoms with van der Waals surface area (Å²) in [7, 11) is 0. The van der Waals surface area contributed by atoms with Crippen molar-refractivity contribution < 1.29 is 5.11 Å². The maximum atomic E-state index is 9.45. The van der Waals surface area contributed by atoms with Gasteiger partial charge in [0.1, 0.15) is 17.8 Å². The third-order valence-electron chi connectivity index (χ3n) is 3.40. The lowest BCUT2D eigenvalue weighted by molar-refractivity contribution is 0.475. The quantitative estimate of drug-likeness (QED) is 0.542. The van der Waals surface area contributed by atoms with Crippen LogP contribution in [0.25, 0.3) is 17.0 Å². The van der Waals surface area contributed by atoms with Crippen LogP contribution in [-0.4, -0.2) is 24.7 Å². The molecule has 0 spiro atoms. The number of hydrogen-bond donors (Lipinski definition) is 3. The molecule has 0 saturated carbocycles. The first-order chi connectivity index (χ1) is 10.8. The first kappa shape index (κ1) is 12.5. The number of phenolic OH excluding ortho intramolecular Hbond substituents is 1. The molecule has 6 nitrogen and oxygen atoms in total. The van der Waals surface area contributed by atoms with Crippen molar-refractivity contribution in [2.75, 3.05) is 5.32 Å². The molecule has 4 rings (SSSR count). The molecule has 0 unspecified atom stereocenters. The molecule has 0 radical (unpaired) electrons. The monoisotopic (exact) mass is 291 g/mol. The van der Waals surface area contributed by atoms with Crippen LogP contribution >= 0.6 is 0 Å². The Labute approximate surface area is 126 Å². The van der Waals surface area contributed by atoms with Gasteiger partial charge in [-0.15, -0.1) is 0 Å². The van der Waals surface area contributed by atoms with E-state index < -0.39 is 0 Å². The molecule has 0 aliphatic rings. The Hall–Kier alpha value is -3.28. The smallest absolute Gasteiger partial charge is 0.252 e. The number of aromatic hydroxyl groups is 1. The summed E-state index contributed by atoms with van der Waals surface area (Å²) in [5, 5.41) is 15.9. The van der Waals surface area contributed by atoms with Crippen LogP contribution in [0.5, 0.6) is 5.75 Å². The Morgan fingerprint density at radius 2 is 1.77 bits per heavy atom. The van der Waals surface area contributed by atoms with E-state index >= 15 is 0 Å². The van der Waals surface area contributed by atoms with E-state index in [1.165, 1.54) is 0 Å². The van der Waals surface area contributed by atoms with E-state index in [4.69, 9.17) is 0 Å². The number of hydrogen-bond acceptors (Lipinski definition) is 4. The van der Waals surface area contributed by atoms with Crippen LogP contribution in [-0.2, 0) is 0 Å². The summed E-state index contributed by atoms with van der Waals surface area (Å²) in [6.07, 6.45) is 1.60. The summed E-state index contributed by atoms with van der Waals surface area (Å²) in [5.74, 6) is 1.61. The molecular weight excluding hydrogens is 278 g/mol. The Morgan fingerprint density at radius 1 is 1.00 bits per heavy atom. The van der Waals surface area contributed by atoms with E-state index in [1.54, 1.807) is 23.0 Å². The second kappa shape index (κ2) is 4.92. The van der Waals surface area contributed by atoms with Crippen molar-refractivity contribution in [1.29, 1.82) is 0 Å². The van der Waals surface area contributed by atoms with E-state index in [-0.39, 0.29) is 5.75 Å². The van der Waals surface area contributed by atoms with Gasteiger partial charge in [0, 0.05) is 11.3 Å². The topological polar surface area (TPSA) is 78.2 Å². The molecule has 3 N–H and O–H groups in total. The Bertz CT molecular complexity index is 909. The van der Waals surface area contributed by atoms with Gasteiger partial charge in [0.2, 0.25) is 0 Å². The van der Waals surface area contributed by atoms with Crippen molar-refractivity contribution >= 4 is 17.3 Å². The maximum absolute atomic E-state index is 9.45. The van der Waals surface area contributed by atoms with Crippen molar-refractivity contribution in [2.45, 2.75) is 0 Å². The van der Waals surface area contributed by atoms with E-state index in [9.17, 15) is 5.11 Å². The summed E-state index contributed by atoms with van der Waals surface area (Å²) >= 11 is 0. The van der Waals surface area contributed by atoms with E-state index in [0.29, 0.717) is 5.78 Å². The van der Waals surface area contributed by atoms with Gasteiger partial charge in [-0.1, -0.05) is 18.2 Å². The predicted molar refractivity (Wildman–Crippen MR) is 84.2 cm³/mol.